The van der Waals surface area contributed by atoms with Crippen molar-refractivity contribution in [1.29, 1.82) is 0 Å². The maximum absolute atomic E-state index is 11.8. The van der Waals surface area contributed by atoms with E-state index >= 15 is 0 Å². The number of fused-ring (bicyclic) bond motifs is 1. The molecule has 0 saturated carbocycles. The van der Waals surface area contributed by atoms with Gasteiger partial charge < -0.3 is 14.2 Å². The first-order valence-corrected chi connectivity index (χ1v) is 8.38. The molecule has 0 unspecified atom stereocenters. The molecule has 3 rings (SSSR count). The number of hydrogen-bond donors (Lipinski definition) is 2. The second-order valence-electron chi connectivity index (χ2n) is 6.04. The molecular formula is C20H20N2O5. The van der Waals surface area contributed by atoms with Crippen LogP contribution >= 0.6 is 0 Å². The Kier molecular flexibility index (Phi) is 5.61. The van der Waals surface area contributed by atoms with Crippen LogP contribution in [-0.2, 0) is 9.59 Å². The first kappa shape index (κ1) is 18.3. The molecule has 1 heterocycles. The maximum Gasteiger partial charge on any atom is 0.276 e. The summed E-state index contributed by atoms with van der Waals surface area (Å²) >= 11 is 0. The van der Waals surface area contributed by atoms with Gasteiger partial charge in [-0.3, -0.25) is 20.4 Å². The highest BCUT2D eigenvalue weighted by atomic mass is 16.7. The van der Waals surface area contributed by atoms with Crippen molar-refractivity contribution < 1.29 is 23.8 Å². The molecule has 0 fully saturated rings. The van der Waals surface area contributed by atoms with E-state index in [4.69, 9.17) is 14.2 Å². The molecule has 1 aliphatic heterocycles. The van der Waals surface area contributed by atoms with E-state index in [1.807, 2.05) is 32.0 Å². The molecule has 0 aromatic heterocycles. The SMILES string of the molecule is Cc1ccc(C)c(OCC(=O)NNC(=O)/C=C/c2ccc3c(c2)OCO3)c1. The molecule has 7 nitrogen and oxygen atoms in total. The van der Waals surface area contributed by atoms with Gasteiger partial charge in [0.2, 0.25) is 6.79 Å². The van der Waals surface area contributed by atoms with E-state index in [1.54, 1.807) is 24.3 Å². The van der Waals surface area contributed by atoms with Crippen molar-refractivity contribution in [3.63, 3.8) is 0 Å². The minimum Gasteiger partial charge on any atom is -0.483 e. The number of carbonyl (C=O) groups is 2. The standard InChI is InChI=1S/C20H20N2O5/c1-13-3-4-14(2)17(9-13)25-11-20(24)22-21-19(23)8-6-15-5-7-16-18(10-15)27-12-26-16/h3-10H,11-12H2,1-2H3,(H,21,23)(H,22,24)/b8-6+. The van der Waals surface area contributed by atoms with Crippen molar-refractivity contribution in [2.24, 2.45) is 0 Å². The lowest BCUT2D eigenvalue weighted by Crippen LogP contribution is -2.43. The summed E-state index contributed by atoms with van der Waals surface area (Å²) in [6.07, 6.45) is 2.92. The number of hydrogen-bond acceptors (Lipinski definition) is 5. The van der Waals surface area contributed by atoms with Gasteiger partial charge in [-0.2, -0.15) is 0 Å². The normalized spacial score (nSPS) is 12.1. The fraction of sp³-hybridized carbons (Fsp3) is 0.200. The lowest BCUT2D eigenvalue weighted by molar-refractivity contribution is -0.128. The number of carbonyl (C=O) groups excluding carboxylic acids is 2. The molecule has 0 aliphatic carbocycles. The Hall–Kier alpha value is -3.48. The summed E-state index contributed by atoms with van der Waals surface area (Å²) in [7, 11) is 0. The molecule has 0 atom stereocenters. The van der Waals surface area contributed by atoms with Gasteiger partial charge in [0.1, 0.15) is 5.75 Å². The van der Waals surface area contributed by atoms with Crippen molar-refractivity contribution >= 4 is 17.9 Å². The summed E-state index contributed by atoms with van der Waals surface area (Å²) in [5, 5.41) is 0. The zero-order valence-corrected chi connectivity index (χ0v) is 15.1. The predicted octanol–water partition coefficient (Wildman–Crippen LogP) is 2.27. The van der Waals surface area contributed by atoms with E-state index in [0.29, 0.717) is 17.2 Å². The number of benzene rings is 2. The van der Waals surface area contributed by atoms with Crippen LogP contribution in [0.1, 0.15) is 16.7 Å². The molecule has 0 spiro atoms. The molecule has 140 valence electrons. The van der Waals surface area contributed by atoms with Crippen LogP contribution in [0.4, 0.5) is 0 Å². The Labute approximate surface area is 156 Å². The second-order valence-corrected chi connectivity index (χ2v) is 6.04. The first-order chi connectivity index (χ1) is 13.0. The quantitative estimate of drug-likeness (QED) is 0.625. The van der Waals surface area contributed by atoms with E-state index in [1.165, 1.54) is 6.08 Å². The lowest BCUT2D eigenvalue weighted by atomic mass is 10.1. The Balaban J connectivity index is 1.44. The smallest absolute Gasteiger partial charge is 0.276 e. The molecule has 7 heteroatoms. The number of nitrogens with one attached hydrogen (secondary N) is 2. The molecule has 0 saturated heterocycles. The fourth-order valence-electron chi connectivity index (χ4n) is 2.40. The van der Waals surface area contributed by atoms with Crippen LogP contribution < -0.4 is 25.1 Å². The fourth-order valence-corrected chi connectivity index (χ4v) is 2.40. The lowest BCUT2D eigenvalue weighted by Gasteiger charge is -2.10. The van der Waals surface area contributed by atoms with Gasteiger partial charge in [0.15, 0.2) is 18.1 Å². The summed E-state index contributed by atoms with van der Waals surface area (Å²) in [4.78, 5) is 23.6. The largest absolute Gasteiger partial charge is 0.483 e. The molecule has 2 aromatic rings. The van der Waals surface area contributed by atoms with E-state index in [2.05, 4.69) is 10.9 Å². The van der Waals surface area contributed by atoms with Crippen LogP contribution in [0.15, 0.2) is 42.5 Å². The van der Waals surface area contributed by atoms with Gasteiger partial charge in [0, 0.05) is 6.08 Å². The zero-order chi connectivity index (χ0) is 19.2. The highest BCUT2D eigenvalue weighted by Gasteiger charge is 2.12. The van der Waals surface area contributed by atoms with Gasteiger partial charge in [-0.25, -0.2) is 0 Å². The van der Waals surface area contributed by atoms with E-state index in [0.717, 1.165) is 16.7 Å². The predicted molar refractivity (Wildman–Crippen MR) is 99.3 cm³/mol. The number of amides is 2. The van der Waals surface area contributed by atoms with Gasteiger partial charge in [-0.1, -0.05) is 18.2 Å². The highest BCUT2D eigenvalue weighted by Crippen LogP contribution is 2.32. The molecule has 1 aliphatic rings. The first-order valence-electron chi connectivity index (χ1n) is 8.38. The van der Waals surface area contributed by atoms with E-state index < -0.39 is 11.8 Å². The zero-order valence-electron chi connectivity index (χ0n) is 15.1. The molecule has 2 aromatic carbocycles. The van der Waals surface area contributed by atoms with Crippen molar-refractivity contribution in [1.82, 2.24) is 10.9 Å². The van der Waals surface area contributed by atoms with Crippen LogP contribution in [0.5, 0.6) is 17.2 Å². The van der Waals surface area contributed by atoms with Crippen LogP contribution in [0.2, 0.25) is 0 Å². The van der Waals surface area contributed by atoms with Crippen LogP contribution in [0.3, 0.4) is 0 Å². The molecule has 0 radical (unpaired) electrons. The van der Waals surface area contributed by atoms with Crippen molar-refractivity contribution in [3.8, 4) is 17.2 Å². The number of ether oxygens (including phenoxy) is 3. The van der Waals surface area contributed by atoms with Crippen molar-refractivity contribution in [3.05, 3.63) is 59.2 Å². The topological polar surface area (TPSA) is 85.9 Å². The van der Waals surface area contributed by atoms with Crippen LogP contribution in [0, 0.1) is 13.8 Å². The third-order valence-electron chi connectivity index (χ3n) is 3.85. The maximum atomic E-state index is 11.8. The Morgan fingerprint density at radius 1 is 1.07 bits per heavy atom. The third kappa shape index (κ3) is 5.01. The Morgan fingerprint density at radius 3 is 2.74 bits per heavy atom. The Bertz CT molecular complexity index is 892. The molecule has 0 bridgehead atoms. The summed E-state index contributed by atoms with van der Waals surface area (Å²) in [5.74, 6) is 1.02. The van der Waals surface area contributed by atoms with Gasteiger partial charge in [-0.15, -0.1) is 0 Å². The molecule has 27 heavy (non-hydrogen) atoms. The summed E-state index contributed by atoms with van der Waals surface area (Å²) in [6.45, 7) is 3.84. The average Bonchev–Trinajstić information content (AvgIpc) is 3.13. The van der Waals surface area contributed by atoms with Gasteiger partial charge in [0.25, 0.3) is 11.8 Å². The van der Waals surface area contributed by atoms with E-state index in [-0.39, 0.29) is 13.4 Å². The highest BCUT2D eigenvalue weighted by molar-refractivity contribution is 5.93. The van der Waals surface area contributed by atoms with Crippen LogP contribution in [-0.4, -0.2) is 25.2 Å². The number of rotatable bonds is 5. The monoisotopic (exact) mass is 368 g/mol. The third-order valence-corrected chi connectivity index (χ3v) is 3.85. The van der Waals surface area contributed by atoms with E-state index in [9.17, 15) is 9.59 Å². The minimum atomic E-state index is -0.465. The number of hydrazine groups is 1. The molecular weight excluding hydrogens is 348 g/mol. The average molecular weight is 368 g/mol. The van der Waals surface area contributed by atoms with Crippen molar-refractivity contribution in [2.75, 3.05) is 13.4 Å². The number of aryl methyl sites for hydroxylation is 2. The van der Waals surface area contributed by atoms with Crippen molar-refractivity contribution in [2.45, 2.75) is 13.8 Å². The summed E-state index contributed by atoms with van der Waals surface area (Å²) < 4.78 is 16.0. The second kappa shape index (κ2) is 8.27. The van der Waals surface area contributed by atoms with Crippen LogP contribution in [0.25, 0.3) is 6.08 Å². The minimum absolute atomic E-state index is 0.194. The molecule has 2 N–H and O–H groups in total. The summed E-state index contributed by atoms with van der Waals surface area (Å²) in [5.41, 5.74) is 7.36. The summed E-state index contributed by atoms with van der Waals surface area (Å²) in [6, 6.07) is 11.1. The van der Waals surface area contributed by atoms with Gasteiger partial charge in [0.05, 0.1) is 0 Å². The Morgan fingerprint density at radius 2 is 1.89 bits per heavy atom. The van der Waals surface area contributed by atoms with Gasteiger partial charge >= 0.3 is 0 Å². The molecule has 2 amide bonds. The van der Waals surface area contributed by atoms with Gasteiger partial charge in [-0.05, 0) is 54.8 Å².